The van der Waals surface area contributed by atoms with E-state index in [1.165, 1.54) is 11.1 Å². The van der Waals surface area contributed by atoms with Crippen molar-refractivity contribution in [1.82, 2.24) is 10.6 Å². The number of fused-ring (bicyclic) bond motifs is 1. The number of nitrogens with one attached hydrogen (secondary N) is 2. The second-order valence-corrected chi connectivity index (χ2v) is 5.07. The summed E-state index contributed by atoms with van der Waals surface area (Å²) < 4.78 is 5.13. The predicted octanol–water partition coefficient (Wildman–Crippen LogP) is 1.72. The minimum atomic E-state index is 0.0857. The zero-order valence-corrected chi connectivity index (χ0v) is 11.7. The Balaban J connectivity index is 1.77. The van der Waals surface area contributed by atoms with Gasteiger partial charge in [0.25, 0.3) is 0 Å². The van der Waals surface area contributed by atoms with Crippen LogP contribution in [-0.4, -0.2) is 19.1 Å². The van der Waals surface area contributed by atoms with Crippen molar-refractivity contribution in [2.75, 3.05) is 7.11 Å². The first kappa shape index (κ1) is 14.0. The van der Waals surface area contributed by atoms with E-state index >= 15 is 0 Å². The molecule has 19 heavy (non-hydrogen) atoms. The fourth-order valence-electron chi connectivity index (χ4n) is 2.20. The molecule has 1 aromatic rings. The van der Waals surface area contributed by atoms with E-state index in [0.29, 0.717) is 13.0 Å². The molecule has 0 aliphatic carbocycles. The summed E-state index contributed by atoms with van der Waals surface area (Å²) in [5, 5.41) is 6.27. The molecule has 0 aromatic heterocycles. The van der Waals surface area contributed by atoms with Gasteiger partial charge in [0.2, 0.25) is 5.91 Å². The third-order valence-corrected chi connectivity index (χ3v) is 3.57. The first-order chi connectivity index (χ1) is 9.19. The van der Waals surface area contributed by atoms with Crippen molar-refractivity contribution >= 4 is 5.91 Å². The number of methoxy groups -OCH3 is 1. The highest BCUT2D eigenvalue weighted by Gasteiger charge is 2.10. The summed E-state index contributed by atoms with van der Waals surface area (Å²) >= 11 is 0. The predicted molar refractivity (Wildman–Crippen MR) is 74.5 cm³/mol. The van der Waals surface area contributed by atoms with Crippen molar-refractivity contribution in [3.05, 3.63) is 34.9 Å². The summed E-state index contributed by atoms with van der Waals surface area (Å²) in [4.78, 5) is 11.7. The van der Waals surface area contributed by atoms with E-state index in [4.69, 9.17) is 4.74 Å². The average Bonchev–Trinajstić information content (AvgIpc) is 2.89. The molecular weight excluding hydrogens is 240 g/mol. The first-order valence-electron chi connectivity index (χ1n) is 6.80. The fourth-order valence-corrected chi connectivity index (χ4v) is 2.20. The molecule has 1 atom stereocenters. The van der Waals surface area contributed by atoms with Gasteiger partial charge in [-0.05, 0) is 30.0 Å². The Morgan fingerprint density at radius 1 is 1.42 bits per heavy atom. The monoisotopic (exact) mass is 262 g/mol. The lowest BCUT2D eigenvalue weighted by Crippen LogP contribution is -2.23. The molecule has 4 heteroatoms. The number of amides is 1. The Labute approximate surface area is 114 Å². The van der Waals surface area contributed by atoms with Gasteiger partial charge in [-0.3, -0.25) is 4.79 Å². The molecule has 1 heterocycles. The van der Waals surface area contributed by atoms with Gasteiger partial charge < -0.3 is 15.4 Å². The molecule has 0 fully saturated rings. The topological polar surface area (TPSA) is 50.4 Å². The van der Waals surface area contributed by atoms with Gasteiger partial charge in [-0.25, -0.2) is 0 Å². The molecule has 1 unspecified atom stereocenters. The molecule has 1 amide bonds. The van der Waals surface area contributed by atoms with Crippen LogP contribution in [0.1, 0.15) is 36.5 Å². The summed E-state index contributed by atoms with van der Waals surface area (Å²) in [6.07, 6.45) is 1.41. The van der Waals surface area contributed by atoms with Crippen molar-refractivity contribution in [1.29, 1.82) is 0 Å². The summed E-state index contributed by atoms with van der Waals surface area (Å²) in [6, 6.07) is 6.40. The van der Waals surface area contributed by atoms with Crippen LogP contribution in [-0.2, 0) is 29.2 Å². The molecule has 1 aliphatic rings. The van der Waals surface area contributed by atoms with E-state index < -0.39 is 0 Å². The molecule has 4 nitrogen and oxygen atoms in total. The zero-order valence-electron chi connectivity index (χ0n) is 11.7. The maximum Gasteiger partial charge on any atom is 0.220 e. The van der Waals surface area contributed by atoms with Gasteiger partial charge in [0, 0.05) is 33.2 Å². The Bertz CT molecular complexity index is 446. The van der Waals surface area contributed by atoms with Gasteiger partial charge in [-0.1, -0.05) is 18.2 Å². The summed E-state index contributed by atoms with van der Waals surface area (Å²) in [5.41, 5.74) is 3.87. The van der Waals surface area contributed by atoms with E-state index in [1.807, 2.05) is 6.92 Å². The van der Waals surface area contributed by atoms with Gasteiger partial charge >= 0.3 is 0 Å². The lowest BCUT2D eigenvalue weighted by molar-refractivity contribution is -0.121. The van der Waals surface area contributed by atoms with Crippen molar-refractivity contribution in [3.8, 4) is 0 Å². The lowest BCUT2D eigenvalue weighted by Gasteiger charge is -2.10. The number of hydrogen-bond acceptors (Lipinski definition) is 3. The molecule has 0 bridgehead atoms. The van der Waals surface area contributed by atoms with Crippen LogP contribution >= 0.6 is 0 Å². The molecular formula is C15H22N2O2. The first-order valence-corrected chi connectivity index (χ1v) is 6.80. The zero-order chi connectivity index (χ0) is 13.7. The lowest BCUT2D eigenvalue weighted by atomic mass is 10.1. The number of benzene rings is 1. The molecule has 0 saturated heterocycles. The van der Waals surface area contributed by atoms with Gasteiger partial charge in [0.1, 0.15) is 0 Å². The highest BCUT2D eigenvalue weighted by Crippen LogP contribution is 2.16. The van der Waals surface area contributed by atoms with Crippen molar-refractivity contribution in [3.63, 3.8) is 0 Å². The summed E-state index contributed by atoms with van der Waals surface area (Å²) in [7, 11) is 1.67. The molecule has 0 spiro atoms. The highest BCUT2D eigenvalue weighted by molar-refractivity contribution is 5.75. The SMILES string of the molecule is COC(C)CCC(=O)NCc1ccc2c(c1)CNC2. The number of hydrogen-bond donors (Lipinski definition) is 2. The maximum atomic E-state index is 11.7. The van der Waals surface area contributed by atoms with Crippen LogP contribution in [0.3, 0.4) is 0 Å². The molecule has 1 aromatic carbocycles. The van der Waals surface area contributed by atoms with Crippen LogP contribution in [0.2, 0.25) is 0 Å². The number of rotatable bonds is 6. The Hall–Kier alpha value is -1.39. The van der Waals surface area contributed by atoms with Crippen LogP contribution in [0.25, 0.3) is 0 Å². The molecule has 2 N–H and O–H groups in total. The van der Waals surface area contributed by atoms with Crippen molar-refractivity contribution in [2.45, 2.75) is 45.5 Å². The van der Waals surface area contributed by atoms with E-state index in [2.05, 4.69) is 28.8 Å². The van der Waals surface area contributed by atoms with Gasteiger partial charge in [0.05, 0.1) is 6.10 Å². The van der Waals surface area contributed by atoms with E-state index in [9.17, 15) is 4.79 Å². The Morgan fingerprint density at radius 2 is 2.21 bits per heavy atom. The average molecular weight is 262 g/mol. The third-order valence-electron chi connectivity index (χ3n) is 3.57. The van der Waals surface area contributed by atoms with Crippen LogP contribution in [0.5, 0.6) is 0 Å². The van der Waals surface area contributed by atoms with Crippen LogP contribution in [0.4, 0.5) is 0 Å². The van der Waals surface area contributed by atoms with Crippen LogP contribution < -0.4 is 10.6 Å². The molecule has 0 radical (unpaired) electrons. The number of carbonyl (C=O) groups is 1. The maximum absolute atomic E-state index is 11.7. The van der Waals surface area contributed by atoms with Gasteiger partial charge in [0.15, 0.2) is 0 Å². The highest BCUT2D eigenvalue weighted by atomic mass is 16.5. The fraction of sp³-hybridized carbons (Fsp3) is 0.533. The number of ether oxygens (including phenoxy) is 1. The third kappa shape index (κ3) is 4.04. The molecule has 1 aliphatic heterocycles. The molecule has 2 rings (SSSR count). The Morgan fingerprint density at radius 3 is 3.00 bits per heavy atom. The minimum Gasteiger partial charge on any atom is -0.382 e. The second kappa shape index (κ2) is 6.68. The van der Waals surface area contributed by atoms with E-state index in [1.54, 1.807) is 7.11 Å². The van der Waals surface area contributed by atoms with Gasteiger partial charge in [-0.2, -0.15) is 0 Å². The smallest absolute Gasteiger partial charge is 0.220 e. The normalized spacial score (nSPS) is 15.1. The van der Waals surface area contributed by atoms with Gasteiger partial charge in [-0.15, -0.1) is 0 Å². The van der Waals surface area contributed by atoms with E-state index in [0.717, 1.165) is 25.1 Å². The molecule has 104 valence electrons. The van der Waals surface area contributed by atoms with Crippen molar-refractivity contribution < 1.29 is 9.53 Å². The molecule has 0 saturated carbocycles. The second-order valence-electron chi connectivity index (χ2n) is 5.07. The number of carbonyl (C=O) groups excluding carboxylic acids is 1. The minimum absolute atomic E-state index is 0.0857. The largest absolute Gasteiger partial charge is 0.382 e. The summed E-state index contributed by atoms with van der Waals surface area (Å²) in [5.74, 6) is 0.0857. The quantitative estimate of drug-likeness (QED) is 0.820. The van der Waals surface area contributed by atoms with E-state index in [-0.39, 0.29) is 12.0 Å². The van der Waals surface area contributed by atoms with Crippen molar-refractivity contribution in [2.24, 2.45) is 0 Å². The van der Waals surface area contributed by atoms with Crippen LogP contribution in [0, 0.1) is 0 Å². The van der Waals surface area contributed by atoms with Crippen LogP contribution in [0.15, 0.2) is 18.2 Å². The standard InChI is InChI=1S/C15H22N2O2/c1-11(19-2)3-6-15(18)17-8-12-4-5-13-9-16-10-14(13)7-12/h4-5,7,11,16H,3,6,8-10H2,1-2H3,(H,17,18). The Kier molecular flexibility index (Phi) is 4.93. The summed E-state index contributed by atoms with van der Waals surface area (Å²) in [6.45, 7) is 4.47.